The molecule has 39 heavy (non-hydrogen) atoms. The van der Waals surface area contributed by atoms with Gasteiger partial charge in [-0.2, -0.15) is 5.10 Å². The Morgan fingerprint density at radius 3 is 2.54 bits per heavy atom. The highest BCUT2D eigenvalue weighted by atomic mass is 19.1. The number of ether oxygens (including phenoxy) is 2. The smallest absolute Gasteiger partial charge is 0.306 e. The van der Waals surface area contributed by atoms with Gasteiger partial charge in [0, 0.05) is 48.8 Å². The number of nitrogens with zero attached hydrogens (tertiary/aromatic N) is 2. The Labute approximate surface area is 229 Å². The van der Waals surface area contributed by atoms with Gasteiger partial charge in [-0.15, -0.1) is 0 Å². The van der Waals surface area contributed by atoms with E-state index in [0.29, 0.717) is 25.7 Å². The monoisotopic (exact) mass is 544 g/mol. The molecule has 0 saturated heterocycles. The third kappa shape index (κ3) is 3.64. The maximum Gasteiger partial charge on any atom is 0.306 e. The summed E-state index contributed by atoms with van der Waals surface area (Å²) in [6, 6.07) is 0. The van der Waals surface area contributed by atoms with Gasteiger partial charge in [0.1, 0.15) is 5.67 Å². The predicted octanol–water partition coefficient (Wildman–Crippen LogP) is 4.13. The van der Waals surface area contributed by atoms with E-state index in [2.05, 4.69) is 5.10 Å². The minimum absolute atomic E-state index is 0.0395. The average molecular weight is 545 g/mol. The lowest BCUT2D eigenvalue weighted by Crippen LogP contribution is -2.70. The van der Waals surface area contributed by atoms with Crippen molar-refractivity contribution in [2.75, 3.05) is 6.61 Å². The molecule has 8 nitrogen and oxygen atoms in total. The molecule has 0 radical (unpaired) electrons. The van der Waals surface area contributed by atoms with Crippen LogP contribution in [0.3, 0.4) is 0 Å². The van der Waals surface area contributed by atoms with E-state index < -0.39 is 64.4 Å². The number of rotatable bonds is 6. The summed E-state index contributed by atoms with van der Waals surface area (Å²) < 4.78 is 30.9. The molecule has 9 heteroatoms. The van der Waals surface area contributed by atoms with Crippen molar-refractivity contribution in [3.63, 3.8) is 0 Å². The molecule has 0 spiro atoms. The van der Waals surface area contributed by atoms with Crippen LogP contribution in [0, 0.1) is 28.6 Å². The molecule has 3 fully saturated rings. The molecule has 1 N–H and O–H groups in total. The number of aromatic nitrogens is 2. The number of allylic oxidation sites excluding steroid dienone is 1. The van der Waals surface area contributed by atoms with E-state index >= 15 is 4.39 Å². The van der Waals surface area contributed by atoms with E-state index in [1.165, 1.54) is 0 Å². The van der Waals surface area contributed by atoms with Crippen LogP contribution in [-0.2, 0) is 37.3 Å². The fourth-order valence-corrected chi connectivity index (χ4v) is 8.98. The first-order chi connectivity index (χ1) is 18.3. The summed E-state index contributed by atoms with van der Waals surface area (Å²) in [5.74, 6) is -2.85. The quantitative estimate of drug-likeness (QED) is 0.537. The van der Waals surface area contributed by atoms with Gasteiger partial charge in [-0.3, -0.25) is 19.1 Å². The molecule has 0 unspecified atom stereocenters. The fourth-order valence-electron chi connectivity index (χ4n) is 8.98. The molecular weight excluding hydrogens is 503 g/mol. The van der Waals surface area contributed by atoms with E-state index in [9.17, 15) is 19.5 Å². The Kier molecular flexibility index (Phi) is 6.64. The normalized spacial score (nSPS) is 40.5. The maximum absolute atomic E-state index is 17.9. The van der Waals surface area contributed by atoms with Crippen LogP contribution >= 0.6 is 0 Å². The van der Waals surface area contributed by atoms with Gasteiger partial charge in [-0.05, 0) is 49.7 Å². The van der Waals surface area contributed by atoms with Crippen LogP contribution in [0.1, 0.15) is 84.4 Å². The number of carbonyl (C=O) groups excluding carboxylic acids is 3. The van der Waals surface area contributed by atoms with E-state index in [1.54, 1.807) is 18.5 Å². The van der Waals surface area contributed by atoms with E-state index in [4.69, 9.17) is 9.47 Å². The molecule has 8 atom stereocenters. The first-order valence-electron chi connectivity index (χ1n) is 14.3. The van der Waals surface area contributed by atoms with Gasteiger partial charge in [0.15, 0.2) is 12.2 Å². The van der Waals surface area contributed by atoms with Crippen LogP contribution in [0.15, 0.2) is 11.8 Å². The van der Waals surface area contributed by atoms with Gasteiger partial charge >= 0.3 is 11.9 Å². The number of hydrogen-bond donors (Lipinski definition) is 1. The molecule has 4 aliphatic carbocycles. The van der Waals surface area contributed by atoms with Crippen molar-refractivity contribution in [1.82, 2.24) is 9.78 Å². The first kappa shape index (κ1) is 28.0. The molecule has 1 aromatic rings. The minimum atomic E-state index is -1.93. The Bertz CT molecular complexity index is 1240. The molecule has 1 heterocycles. The number of aryl methyl sites for hydroxylation is 1. The highest BCUT2D eigenvalue weighted by Crippen LogP contribution is 2.71. The number of Topliss-reactive ketones (excluding diaryl/α,β-unsaturated/α-hetero) is 1. The Morgan fingerprint density at radius 1 is 1.18 bits per heavy atom. The van der Waals surface area contributed by atoms with Crippen molar-refractivity contribution < 1.29 is 33.4 Å². The van der Waals surface area contributed by atoms with Crippen LogP contribution in [0.25, 0.3) is 6.08 Å². The molecule has 0 aliphatic heterocycles. The largest absolute Gasteiger partial charge is 0.457 e. The third-order valence-electron chi connectivity index (χ3n) is 10.8. The van der Waals surface area contributed by atoms with Gasteiger partial charge in [0.2, 0.25) is 5.78 Å². The van der Waals surface area contributed by atoms with Crippen molar-refractivity contribution >= 4 is 23.8 Å². The number of halogens is 1. The van der Waals surface area contributed by atoms with Crippen LogP contribution in [0.5, 0.6) is 0 Å². The zero-order valence-electron chi connectivity index (χ0n) is 23.9. The second-order valence-electron chi connectivity index (χ2n) is 12.7. The second-order valence-corrected chi connectivity index (χ2v) is 12.7. The lowest BCUT2D eigenvalue weighted by molar-refractivity contribution is -0.234. The standard InChI is InChI=1S/C30H41FN2O6/c1-7-25(36)38-16-24(35)30(39-26(37)8-2)17(3)11-21-20-10-9-19-12-22-18(15-33(6)32-22)13-27(19,4)29(20,31)23(34)14-28(21,30)5/h12,15,17,20-21,23,34H,7-11,13-14,16H2,1-6H3/t17-,20+,21+,23+,27+,28+,29+,30+/m1/s1. The number of carbonyl (C=O) groups is 3. The highest BCUT2D eigenvalue weighted by molar-refractivity contribution is 5.93. The number of aliphatic hydroxyl groups is 1. The molecule has 1 aromatic heterocycles. The summed E-state index contributed by atoms with van der Waals surface area (Å²) in [5, 5.41) is 16.4. The van der Waals surface area contributed by atoms with E-state index in [-0.39, 0.29) is 25.2 Å². The summed E-state index contributed by atoms with van der Waals surface area (Å²) in [4.78, 5) is 38.6. The lowest BCUT2D eigenvalue weighted by Gasteiger charge is -2.63. The summed E-state index contributed by atoms with van der Waals surface area (Å²) in [6.45, 7) is 8.42. The third-order valence-corrected chi connectivity index (χ3v) is 10.8. The molecule has 0 amide bonds. The highest BCUT2D eigenvalue weighted by Gasteiger charge is 2.77. The van der Waals surface area contributed by atoms with E-state index in [0.717, 1.165) is 16.8 Å². The lowest BCUT2D eigenvalue weighted by atomic mass is 9.43. The van der Waals surface area contributed by atoms with Gasteiger partial charge in [0.05, 0.1) is 11.8 Å². The topological polar surface area (TPSA) is 108 Å². The molecular formula is C30H41FN2O6. The molecule has 5 rings (SSSR count). The molecule has 214 valence electrons. The molecule has 4 aliphatic rings. The van der Waals surface area contributed by atoms with Crippen molar-refractivity contribution in [2.24, 2.45) is 35.6 Å². The van der Waals surface area contributed by atoms with Crippen LogP contribution < -0.4 is 0 Å². The zero-order valence-corrected chi connectivity index (χ0v) is 23.9. The Balaban J connectivity index is 1.58. The van der Waals surface area contributed by atoms with Gasteiger partial charge in [-0.25, -0.2) is 4.39 Å². The van der Waals surface area contributed by atoms with Crippen LogP contribution in [-0.4, -0.2) is 56.6 Å². The summed E-state index contributed by atoms with van der Waals surface area (Å²) >= 11 is 0. The first-order valence-corrected chi connectivity index (χ1v) is 14.3. The predicted molar refractivity (Wildman–Crippen MR) is 141 cm³/mol. The van der Waals surface area contributed by atoms with Crippen molar-refractivity contribution in [1.29, 1.82) is 0 Å². The summed E-state index contributed by atoms with van der Waals surface area (Å²) in [7, 11) is 1.85. The number of alkyl halides is 1. The minimum Gasteiger partial charge on any atom is -0.457 e. The summed E-state index contributed by atoms with van der Waals surface area (Å²) in [5.41, 5.74) is -2.74. The van der Waals surface area contributed by atoms with Crippen molar-refractivity contribution in [2.45, 2.75) is 96.9 Å². The Hall–Kier alpha value is -2.55. The summed E-state index contributed by atoms with van der Waals surface area (Å²) in [6.07, 6.45) is 4.76. The van der Waals surface area contributed by atoms with Gasteiger partial charge < -0.3 is 14.6 Å². The number of aliphatic hydroxyl groups excluding tert-OH is 1. The molecule has 0 aromatic carbocycles. The van der Waals surface area contributed by atoms with Crippen LogP contribution in [0.4, 0.5) is 4.39 Å². The van der Waals surface area contributed by atoms with Crippen LogP contribution in [0.2, 0.25) is 0 Å². The van der Waals surface area contributed by atoms with Gasteiger partial charge in [-0.1, -0.05) is 40.2 Å². The average Bonchev–Trinajstić information content (AvgIpc) is 3.34. The number of ketones is 1. The maximum atomic E-state index is 17.9. The molecule has 3 saturated carbocycles. The zero-order chi connectivity index (χ0) is 28.5. The van der Waals surface area contributed by atoms with Crippen molar-refractivity contribution in [3.8, 4) is 0 Å². The van der Waals surface area contributed by atoms with E-state index in [1.807, 2.05) is 40.1 Å². The van der Waals surface area contributed by atoms with Crippen molar-refractivity contribution in [3.05, 3.63) is 23.0 Å². The second kappa shape index (κ2) is 9.25. The number of hydrogen-bond acceptors (Lipinski definition) is 7. The number of esters is 2. The Morgan fingerprint density at radius 2 is 1.87 bits per heavy atom. The number of fused-ring (bicyclic) bond motifs is 6. The molecule has 0 bridgehead atoms. The fraction of sp³-hybridized carbons (Fsp3) is 0.733. The SMILES string of the molecule is CCC(=O)OCC(=O)[C@@]1(OC(=O)CC)[C@H](C)C[C@H]2[C@@H]3CCC4=Cc5nn(C)cc5C[C@]4(C)[C@@]3(F)[C@@H](O)C[C@@]21C. The van der Waals surface area contributed by atoms with Gasteiger partial charge in [0.25, 0.3) is 0 Å².